The van der Waals surface area contributed by atoms with Gasteiger partial charge in [0.15, 0.2) is 0 Å². The molecule has 1 N–H and O–H groups in total. The van der Waals surface area contributed by atoms with Crippen LogP contribution in [0, 0.1) is 6.92 Å². The number of thiazole rings is 1. The molecule has 0 fully saturated rings. The third kappa shape index (κ3) is 4.61. The van der Waals surface area contributed by atoms with Gasteiger partial charge < -0.3 is 10.1 Å². The SMILES string of the molecule is Cc1csc(=O)n1CC(=O)NCc1ccccc1COc1ccccc1. The summed E-state index contributed by atoms with van der Waals surface area (Å²) >= 11 is 1.11. The first-order valence-electron chi connectivity index (χ1n) is 8.30. The maximum absolute atomic E-state index is 12.2. The van der Waals surface area contributed by atoms with Crippen LogP contribution in [-0.2, 0) is 24.5 Å². The Balaban J connectivity index is 1.59. The zero-order valence-electron chi connectivity index (χ0n) is 14.5. The Morgan fingerprint density at radius 3 is 2.46 bits per heavy atom. The normalized spacial score (nSPS) is 10.5. The van der Waals surface area contributed by atoms with E-state index >= 15 is 0 Å². The molecule has 0 aliphatic heterocycles. The van der Waals surface area contributed by atoms with Gasteiger partial charge in [0.1, 0.15) is 18.9 Å². The van der Waals surface area contributed by atoms with Crippen LogP contribution in [0.25, 0.3) is 0 Å². The highest BCUT2D eigenvalue weighted by molar-refractivity contribution is 7.07. The van der Waals surface area contributed by atoms with E-state index in [9.17, 15) is 9.59 Å². The number of para-hydroxylation sites is 1. The molecule has 0 radical (unpaired) electrons. The molecule has 6 heteroatoms. The maximum Gasteiger partial charge on any atom is 0.307 e. The van der Waals surface area contributed by atoms with Crippen LogP contribution in [0.15, 0.2) is 64.8 Å². The van der Waals surface area contributed by atoms with Crippen LogP contribution in [-0.4, -0.2) is 10.5 Å². The lowest BCUT2D eigenvalue weighted by molar-refractivity contribution is -0.121. The van der Waals surface area contributed by atoms with Crippen molar-refractivity contribution >= 4 is 17.2 Å². The molecule has 0 atom stereocenters. The minimum absolute atomic E-state index is 0.0385. The van der Waals surface area contributed by atoms with Gasteiger partial charge in [-0.3, -0.25) is 14.2 Å². The minimum Gasteiger partial charge on any atom is -0.489 e. The van der Waals surface area contributed by atoms with Gasteiger partial charge >= 0.3 is 4.87 Å². The van der Waals surface area contributed by atoms with Gasteiger partial charge in [-0.2, -0.15) is 0 Å². The lowest BCUT2D eigenvalue weighted by Crippen LogP contribution is -2.31. The van der Waals surface area contributed by atoms with Gasteiger partial charge in [-0.05, 0) is 30.2 Å². The predicted molar refractivity (Wildman–Crippen MR) is 102 cm³/mol. The smallest absolute Gasteiger partial charge is 0.307 e. The highest BCUT2D eigenvalue weighted by Crippen LogP contribution is 2.14. The lowest BCUT2D eigenvalue weighted by atomic mass is 10.1. The number of nitrogens with zero attached hydrogens (tertiary/aromatic N) is 1. The van der Waals surface area contributed by atoms with Crippen molar-refractivity contribution in [2.45, 2.75) is 26.6 Å². The van der Waals surface area contributed by atoms with Gasteiger partial charge in [0, 0.05) is 17.6 Å². The van der Waals surface area contributed by atoms with E-state index in [4.69, 9.17) is 4.74 Å². The Labute approximate surface area is 155 Å². The van der Waals surface area contributed by atoms with Crippen molar-refractivity contribution in [1.82, 2.24) is 9.88 Å². The number of nitrogens with one attached hydrogen (secondary N) is 1. The van der Waals surface area contributed by atoms with Crippen LogP contribution in [0.2, 0.25) is 0 Å². The summed E-state index contributed by atoms with van der Waals surface area (Å²) < 4.78 is 7.28. The molecular weight excluding hydrogens is 348 g/mol. The molecule has 0 unspecified atom stereocenters. The fourth-order valence-corrected chi connectivity index (χ4v) is 3.27. The Kier molecular flexibility index (Phi) is 5.86. The number of hydrogen-bond donors (Lipinski definition) is 1. The second-order valence-electron chi connectivity index (χ2n) is 5.88. The number of carbonyl (C=O) groups is 1. The van der Waals surface area contributed by atoms with Gasteiger partial charge in [0.05, 0.1) is 0 Å². The van der Waals surface area contributed by atoms with Crippen LogP contribution < -0.4 is 14.9 Å². The molecule has 134 valence electrons. The van der Waals surface area contributed by atoms with E-state index in [0.29, 0.717) is 13.2 Å². The van der Waals surface area contributed by atoms with Gasteiger partial charge in [-0.25, -0.2) is 0 Å². The number of aromatic nitrogens is 1. The summed E-state index contributed by atoms with van der Waals surface area (Å²) in [6.45, 7) is 2.68. The summed E-state index contributed by atoms with van der Waals surface area (Å²) in [7, 11) is 0. The molecule has 0 saturated carbocycles. The summed E-state index contributed by atoms with van der Waals surface area (Å²) in [5.74, 6) is 0.617. The quantitative estimate of drug-likeness (QED) is 0.697. The molecule has 0 bridgehead atoms. The van der Waals surface area contributed by atoms with Gasteiger partial charge in [-0.1, -0.05) is 53.8 Å². The predicted octanol–water partition coefficient (Wildman–Crippen LogP) is 3.11. The first-order valence-corrected chi connectivity index (χ1v) is 9.17. The lowest BCUT2D eigenvalue weighted by Gasteiger charge is -2.12. The summed E-state index contributed by atoms with van der Waals surface area (Å²) in [6.07, 6.45) is 0. The Bertz CT molecular complexity index is 931. The molecule has 26 heavy (non-hydrogen) atoms. The molecule has 1 aromatic heterocycles. The number of ether oxygens (including phenoxy) is 1. The summed E-state index contributed by atoms with van der Waals surface area (Å²) in [5, 5.41) is 4.64. The van der Waals surface area contributed by atoms with Gasteiger partial charge in [0.25, 0.3) is 0 Å². The summed E-state index contributed by atoms with van der Waals surface area (Å²) in [6, 6.07) is 17.4. The summed E-state index contributed by atoms with van der Waals surface area (Å²) in [5.41, 5.74) is 2.80. The zero-order chi connectivity index (χ0) is 18.4. The number of carbonyl (C=O) groups excluding carboxylic acids is 1. The van der Waals surface area contributed by atoms with Crippen molar-refractivity contribution in [3.63, 3.8) is 0 Å². The number of benzene rings is 2. The zero-order valence-corrected chi connectivity index (χ0v) is 15.3. The molecule has 0 saturated heterocycles. The number of amides is 1. The second-order valence-corrected chi connectivity index (χ2v) is 6.70. The van der Waals surface area contributed by atoms with E-state index in [1.54, 1.807) is 5.38 Å². The Morgan fingerprint density at radius 1 is 1.08 bits per heavy atom. The average Bonchev–Trinajstić information content (AvgIpc) is 2.98. The topological polar surface area (TPSA) is 60.3 Å². The first-order chi connectivity index (χ1) is 12.6. The largest absolute Gasteiger partial charge is 0.489 e. The van der Waals surface area contributed by atoms with E-state index in [2.05, 4.69) is 5.32 Å². The number of rotatable bonds is 7. The van der Waals surface area contributed by atoms with Crippen molar-refractivity contribution in [2.75, 3.05) is 0 Å². The van der Waals surface area contributed by atoms with Gasteiger partial charge in [-0.15, -0.1) is 0 Å². The van der Waals surface area contributed by atoms with Crippen molar-refractivity contribution in [2.24, 2.45) is 0 Å². The third-order valence-electron chi connectivity index (χ3n) is 4.01. The molecule has 2 aromatic carbocycles. The number of aryl methyl sites for hydroxylation is 1. The van der Waals surface area contributed by atoms with E-state index < -0.39 is 0 Å². The van der Waals surface area contributed by atoms with Crippen LogP contribution in [0.1, 0.15) is 16.8 Å². The molecule has 3 aromatic rings. The highest BCUT2D eigenvalue weighted by atomic mass is 32.1. The standard InChI is InChI=1S/C20H20N2O3S/c1-15-14-26-20(24)22(15)12-19(23)21-11-16-7-5-6-8-17(16)13-25-18-9-3-2-4-10-18/h2-10,14H,11-13H2,1H3,(H,21,23). The summed E-state index contributed by atoms with van der Waals surface area (Å²) in [4.78, 5) is 23.8. The second kappa shape index (κ2) is 8.49. The monoisotopic (exact) mass is 368 g/mol. The number of hydrogen-bond acceptors (Lipinski definition) is 4. The van der Waals surface area contributed by atoms with E-state index in [1.807, 2.05) is 61.5 Å². The Hall–Kier alpha value is -2.86. The molecule has 0 aliphatic rings. The fourth-order valence-electron chi connectivity index (χ4n) is 2.54. The molecular formula is C20H20N2O3S. The van der Waals surface area contributed by atoms with Crippen molar-refractivity contribution in [3.8, 4) is 5.75 Å². The van der Waals surface area contributed by atoms with Crippen molar-refractivity contribution < 1.29 is 9.53 Å². The van der Waals surface area contributed by atoms with Crippen LogP contribution in [0.3, 0.4) is 0 Å². The molecule has 1 heterocycles. The molecule has 1 amide bonds. The van der Waals surface area contributed by atoms with E-state index in [1.165, 1.54) is 4.57 Å². The molecule has 0 aliphatic carbocycles. The van der Waals surface area contributed by atoms with Gasteiger partial charge in [0.2, 0.25) is 5.91 Å². The Morgan fingerprint density at radius 2 is 1.77 bits per heavy atom. The molecule has 5 nitrogen and oxygen atoms in total. The van der Waals surface area contributed by atoms with Crippen molar-refractivity contribution in [1.29, 1.82) is 0 Å². The van der Waals surface area contributed by atoms with E-state index in [-0.39, 0.29) is 17.3 Å². The van der Waals surface area contributed by atoms with E-state index in [0.717, 1.165) is 33.9 Å². The van der Waals surface area contributed by atoms with Crippen molar-refractivity contribution in [3.05, 3.63) is 86.5 Å². The first kappa shape index (κ1) is 17.9. The third-order valence-corrected chi connectivity index (χ3v) is 4.89. The minimum atomic E-state index is -0.188. The van der Waals surface area contributed by atoms with Crippen LogP contribution >= 0.6 is 11.3 Å². The van der Waals surface area contributed by atoms with Crippen LogP contribution in [0.4, 0.5) is 0 Å². The maximum atomic E-state index is 12.2. The fraction of sp³-hybridized carbons (Fsp3) is 0.200. The average molecular weight is 368 g/mol. The molecule has 3 rings (SSSR count). The highest BCUT2D eigenvalue weighted by Gasteiger charge is 2.09. The van der Waals surface area contributed by atoms with Crippen LogP contribution in [0.5, 0.6) is 5.75 Å². The molecule has 0 spiro atoms.